The molecule has 0 saturated heterocycles. The minimum atomic E-state index is -0.859. The van der Waals surface area contributed by atoms with Crippen LogP contribution in [0.25, 0.3) is 6.08 Å². The summed E-state index contributed by atoms with van der Waals surface area (Å²) >= 11 is 0. The van der Waals surface area contributed by atoms with Gasteiger partial charge in [-0.3, -0.25) is 9.59 Å². The lowest BCUT2D eigenvalue weighted by molar-refractivity contribution is -0.137. The van der Waals surface area contributed by atoms with Crippen LogP contribution in [0.2, 0.25) is 0 Å². The predicted octanol–water partition coefficient (Wildman–Crippen LogP) is 5.28. The van der Waals surface area contributed by atoms with Gasteiger partial charge in [0.25, 0.3) is 0 Å². The molecule has 4 nitrogen and oxygen atoms in total. The fourth-order valence-electron chi connectivity index (χ4n) is 2.78. The maximum Gasteiger partial charge on any atom is 0.303 e. The zero-order valence-corrected chi connectivity index (χ0v) is 15.5. The van der Waals surface area contributed by atoms with E-state index in [1.165, 1.54) is 25.7 Å². The number of unbranched alkanes of at least 4 members (excludes halogenated alkanes) is 4. The summed E-state index contributed by atoms with van der Waals surface area (Å²) in [6, 6.07) is 7.88. The summed E-state index contributed by atoms with van der Waals surface area (Å²) in [5, 5.41) is 8.72. The van der Waals surface area contributed by atoms with Gasteiger partial charge in [0.15, 0.2) is 0 Å². The van der Waals surface area contributed by atoms with Crippen molar-refractivity contribution < 1.29 is 14.7 Å². The summed E-state index contributed by atoms with van der Waals surface area (Å²) in [5.41, 5.74) is 1.93. The second-order valence-electron chi connectivity index (χ2n) is 6.20. The number of hydrogen-bond acceptors (Lipinski definition) is 2. The van der Waals surface area contributed by atoms with Gasteiger partial charge in [-0.25, -0.2) is 0 Å². The van der Waals surface area contributed by atoms with E-state index in [-0.39, 0.29) is 18.7 Å². The highest BCUT2D eigenvalue weighted by Crippen LogP contribution is 2.23. The molecule has 0 radical (unpaired) electrons. The van der Waals surface area contributed by atoms with Crippen molar-refractivity contribution in [2.24, 2.45) is 0 Å². The lowest BCUT2D eigenvalue weighted by Gasteiger charge is -2.23. The Labute approximate surface area is 151 Å². The Kier molecular flexibility index (Phi) is 10.3. The normalized spacial score (nSPS) is 11.0. The van der Waals surface area contributed by atoms with Crippen LogP contribution in [0, 0.1) is 0 Å². The van der Waals surface area contributed by atoms with Crippen molar-refractivity contribution in [1.29, 1.82) is 0 Å². The summed E-state index contributed by atoms with van der Waals surface area (Å²) in [5.74, 6) is -0.880. The van der Waals surface area contributed by atoms with E-state index in [9.17, 15) is 9.59 Å². The summed E-state index contributed by atoms with van der Waals surface area (Å²) in [4.78, 5) is 24.8. The van der Waals surface area contributed by atoms with Gasteiger partial charge in [0.2, 0.25) is 5.91 Å². The van der Waals surface area contributed by atoms with E-state index in [0.717, 1.165) is 17.7 Å². The van der Waals surface area contributed by atoms with E-state index in [0.29, 0.717) is 13.0 Å². The molecule has 0 bridgehead atoms. The fourth-order valence-corrected chi connectivity index (χ4v) is 2.78. The van der Waals surface area contributed by atoms with Crippen LogP contribution >= 0.6 is 0 Å². The summed E-state index contributed by atoms with van der Waals surface area (Å²) in [7, 11) is 0. The van der Waals surface area contributed by atoms with Crippen molar-refractivity contribution in [1.82, 2.24) is 0 Å². The molecule has 1 N–H and O–H groups in total. The molecule has 0 unspecified atom stereocenters. The number of carboxylic acids is 1. The average Bonchev–Trinajstić information content (AvgIpc) is 2.59. The first-order chi connectivity index (χ1) is 12.1. The van der Waals surface area contributed by atoms with Crippen molar-refractivity contribution >= 4 is 23.6 Å². The number of aliphatic carboxylic acids is 1. The molecule has 1 amide bonds. The van der Waals surface area contributed by atoms with Crippen LogP contribution in [0.5, 0.6) is 0 Å². The van der Waals surface area contributed by atoms with Gasteiger partial charge < -0.3 is 10.0 Å². The van der Waals surface area contributed by atoms with E-state index in [1.54, 1.807) is 4.90 Å². The van der Waals surface area contributed by atoms with Crippen molar-refractivity contribution in [3.05, 3.63) is 35.9 Å². The lowest BCUT2D eigenvalue weighted by atomic mass is 10.1. The predicted molar refractivity (Wildman–Crippen MR) is 104 cm³/mol. The smallest absolute Gasteiger partial charge is 0.303 e. The number of rotatable bonds is 12. The van der Waals surface area contributed by atoms with Gasteiger partial charge in [0.1, 0.15) is 0 Å². The Morgan fingerprint density at radius 2 is 1.80 bits per heavy atom. The molecule has 0 aliphatic rings. The number of nitrogens with zero attached hydrogens (tertiary/aromatic N) is 1. The molecule has 1 rings (SSSR count). The number of hydrogen-bond donors (Lipinski definition) is 1. The zero-order chi connectivity index (χ0) is 18.5. The first-order valence-electron chi connectivity index (χ1n) is 9.37. The van der Waals surface area contributed by atoms with Crippen LogP contribution in [0.3, 0.4) is 0 Å². The van der Waals surface area contributed by atoms with E-state index in [1.807, 2.05) is 31.2 Å². The Balaban J connectivity index is 2.72. The molecule has 0 saturated carbocycles. The maximum atomic E-state index is 12.5. The SMILES string of the molecule is CCCCCCC=Cc1ccccc1N(CC)C(=O)CCCC(=O)O. The highest BCUT2D eigenvalue weighted by molar-refractivity contribution is 5.95. The first kappa shape index (κ1) is 20.9. The number of anilines is 1. The summed E-state index contributed by atoms with van der Waals surface area (Å²) in [6.45, 7) is 4.73. The molecule has 1 aromatic carbocycles. The molecule has 0 aliphatic carbocycles. The third kappa shape index (κ3) is 8.01. The van der Waals surface area contributed by atoms with Gasteiger partial charge >= 0.3 is 5.97 Å². The van der Waals surface area contributed by atoms with Crippen molar-refractivity contribution in [3.63, 3.8) is 0 Å². The number of carbonyl (C=O) groups is 2. The molecular formula is C21H31NO3. The lowest BCUT2D eigenvalue weighted by Crippen LogP contribution is -2.31. The molecule has 0 atom stereocenters. The zero-order valence-electron chi connectivity index (χ0n) is 15.5. The van der Waals surface area contributed by atoms with Crippen LogP contribution in [0.4, 0.5) is 5.69 Å². The van der Waals surface area contributed by atoms with Crippen LogP contribution < -0.4 is 4.90 Å². The van der Waals surface area contributed by atoms with Crippen molar-refractivity contribution in [3.8, 4) is 0 Å². The van der Waals surface area contributed by atoms with Gasteiger partial charge in [0, 0.05) is 19.4 Å². The number of amides is 1. The van der Waals surface area contributed by atoms with Crippen molar-refractivity contribution in [2.45, 2.75) is 65.2 Å². The third-order valence-electron chi connectivity index (χ3n) is 4.15. The monoisotopic (exact) mass is 345 g/mol. The Bertz CT molecular complexity index is 566. The number of benzene rings is 1. The molecule has 0 aromatic heterocycles. The van der Waals surface area contributed by atoms with Gasteiger partial charge in [0.05, 0.1) is 5.69 Å². The van der Waals surface area contributed by atoms with Gasteiger partial charge in [-0.1, -0.05) is 56.5 Å². The van der Waals surface area contributed by atoms with Crippen molar-refractivity contribution in [2.75, 3.05) is 11.4 Å². The third-order valence-corrected chi connectivity index (χ3v) is 4.15. The van der Waals surface area contributed by atoms with Crippen LogP contribution in [0.1, 0.15) is 70.8 Å². The van der Waals surface area contributed by atoms with Gasteiger partial charge in [-0.15, -0.1) is 0 Å². The van der Waals surface area contributed by atoms with Crippen LogP contribution in [-0.4, -0.2) is 23.5 Å². The van der Waals surface area contributed by atoms with E-state index in [2.05, 4.69) is 19.1 Å². The second kappa shape index (κ2) is 12.3. The largest absolute Gasteiger partial charge is 0.481 e. The molecule has 0 spiro atoms. The summed E-state index contributed by atoms with van der Waals surface area (Å²) < 4.78 is 0. The highest BCUT2D eigenvalue weighted by Gasteiger charge is 2.16. The van der Waals surface area contributed by atoms with E-state index < -0.39 is 5.97 Å². The fraction of sp³-hybridized carbons (Fsp3) is 0.524. The molecule has 0 heterocycles. The Morgan fingerprint density at radius 3 is 2.48 bits per heavy atom. The first-order valence-corrected chi connectivity index (χ1v) is 9.37. The highest BCUT2D eigenvalue weighted by atomic mass is 16.4. The minimum absolute atomic E-state index is 0.0208. The second-order valence-corrected chi connectivity index (χ2v) is 6.20. The molecule has 0 fully saturated rings. The molecule has 1 aromatic rings. The quantitative estimate of drug-likeness (QED) is 0.524. The maximum absolute atomic E-state index is 12.5. The molecule has 25 heavy (non-hydrogen) atoms. The number of carboxylic acid groups (broad SMARTS) is 1. The van der Waals surface area contributed by atoms with E-state index >= 15 is 0 Å². The Morgan fingerprint density at radius 1 is 1.04 bits per heavy atom. The molecule has 138 valence electrons. The number of allylic oxidation sites excluding steroid dienone is 1. The minimum Gasteiger partial charge on any atom is -0.481 e. The number of carbonyl (C=O) groups excluding carboxylic acids is 1. The summed E-state index contributed by atoms with van der Waals surface area (Å²) in [6.07, 6.45) is 10.9. The average molecular weight is 345 g/mol. The molecule has 0 aliphatic heterocycles. The molecule has 4 heteroatoms. The Hall–Kier alpha value is -2.10. The molecular weight excluding hydrogens is 314 g/mol. The van der Waals surface area contributed by atoms with Gasteiger partial charge in [-0.2, -0.15) is 0 Å². The van der Waals surface area contributed by atoms with Crippen LogP contribution in [-0.2, 0) is 9.59 Å². The topological polar surface area (TPSA) is 57.6 Å². The van der Waals surface area contributed by atoms with Crippen LogP contribution in [0.15, 0.2) is 30.3 Å². The standard InChI is InChI=1S/C21H31NO3/c1-3-5-6-7-8-9-13-18-14-10-11-15-19(18)22(4-2)20(23)16-12-17-21(24)25/h9-11,13-15H,3-8,12,16-17H2,1-2H3,(H,24,25). The van der Waals surface area contributed by atoms with E-state index in [4.69, 9.17) is 5.11 Å². The number of para-hydroxylation sites is 1. The van der Waals surface area contributed by atoms with Gasteiger partial charge in [-0.05, 0) is 37.8 Å².